The van der Waals surface area contributed by atoms with Crippen molar-refractivity contribution in [3.05, 3.63) is 11.7 Å². The van der Waals surface area contributed by atoms with Crippen molar-refractivity contribution < 1.29 is 9.26 Å². The molecule has 0 spiro atoms. The fourth-order valence-electron chi connectivity index (χ4n) is 1.67. The summed E-state index contributed by atoms with van der Waals surface area (Å²) in [5, 5.41) is 7.13. The van der Waals surface area contributed by atoms with E-state index in [2.05, 4.69) is 15.5 Å². The lowest BCUT2D eigenvalue weighted by Gasteiger charge is -2.06. The molecule has 1 fully saturated rings. The number of aryl methyl sites for hydroxylation is 1. The molecule has 0 amide bonds. The molecule has 1 N–H and O–H groups in total. The van der Waals surface area contributed by atoms with Gasteiger partial charge in [-0.1, -0.05) is 12.1 Å². The molecule has 84 valence electrons. The van der Waals surface area contributed by atoms with Gasteiger partial charge in [-0.15, -0.1) is 0 Å². The smallest absolute Gasteiger partial charge is 0.226 e. The van der Waals surface area contributed by atoms with E-state index in [1.807, 2.05) is 6.92 Å². The number of hydrogen-bond acceptors (Lipinski definition) is 5. The summed E-state index contributed by atoms with van der Waals surface area (Å²) in [5.74, 6) is 1.97. The second-order valence-electron chi connectivity index (χ2n) is 3.83. The highest BCUT2D eigenvalue weighted by Crippen LogP contribution is 2.08. The van der Waals surface area contributed by atoms with Gasteiger partial charge in [0.15, 0.2) is 5.82 Å². The van der Waals surface area contributed by atoms with Gasteiger partial charge in [0.1, 0.15) is 6.61 Å². The van der Waals surface area contributed by atoms with Crippen molar-refractivity contribution >= 4 is 0 Å². The van der Waals surface area contributed by atoms with E-state index < -0.39 is 0 Å². The minimum absolute atomic E-state index is 0.458. The molecule has 1 atom stereocenters. The molecule has 0 aromatic carbocycles. The summed E-state index contributed by atoms with van der Waals surface area (Å²) in [6, 6.07) is 0. The van der Waals surface area contributed by atoms with Crippen LogP contribution in [0.2, 0.25) is 0 Å². The molecule has 5 heteroatoms. The van der Waals surface area contributed by atoms with Gasteiger partial charge in [-0.05, 0) is 18.9 Å². The van der Waals surface area contributed by atoms with Gasteiger partial charge >= 0.3 is 0 Å². The van der Waals surface area contributed by atoms with Crippen LogP contribution in [0.1, 0.15) is 25.1 Å². The summed E-state index contributed by atoms with van der Waals surface area (Å²) < 4.78 is 10.5. The Bertz CT molecular complexity index is 295. The van der Waals surface area contributed by atoms with Crippen LogP contribution < -0.4 is 5.32 Å². The van der Waals surface area contributed by atoms with Crippen molar-refractivity contribution in [2.45, 2.75) is 26.4 Å². The van der Waals surface area contributed by atoms with Crippen LogP contribution in [-0.4, -0.2) is 29.8 Å². The van der Waals surface area contributed by atoms with Crippen LogP contribution in [0.4, 0.5) is 0 Å². The maximum Gasteiger partial charge on any atom is 0.226 e. The lowest BCUT2D eigenvalue weighted by molar-refractivity contribution is 0.0864. The van der Waals surface area contributed by atoms with Crippen LogP contribution >= 0.6 is 0 Å². The first-order chi connectivity index (χ1) is 7.38. The van der Waals surface area contributed by atoms with E-state index in [0.29, 0.717) is 24.2 Å². The number of aromatic nitrogens is 2. The summed E-state index contributed by atoms with van der Waals surface area (Å²) in [4.78, 5) is 4.17. The molecule has 15 heavy (non-hydrogen) atoms. The third-order valence-electron chi connectivity index (χ3n) is 2.56. The normalized spacial score (nSPS) is 21.0. The van der Waals surface area contributed by atoms with Crippen LogP contribution in [0.3, 0.4) is 0 Å². The SMILES string of the molecule is CCc1nc(COC[C@@H]2CCNC2)no1. The standard InChI is InChI=1S/C10H17N3O2/c1-2-10-12-9(13-15-10)7-14-6-8-3-4-11-5-8/h8,11H,2-7H2,1H3/t8-/m1/s1. The third kappa shape index (κ3) is 3.00. The van der Waals surface area contributed by atoms with Crippen LogP contribution in [0.25, 0.3) is 0 Å². The zero-order valence-electron chi connectivity index (χ0n) is 9.03. The molecular formula is C10H17N3O2. The molecule has 0 aliphatic carbocycles. The van der Waals surface area contributed by atoms with Crippen LogP contribution in [0.5, 0.6) is 0 Å². The molecule has 1 saturated heterocycles. The van der Waals surface area contributed by atoms with Gasteiger partial charge in [-0.2, -0.15) is 4.98 Å². The van der Waals surface area contributed by atoms with E-state index in [4.69, 9.17) is 9.26 Å². The molecule has 2 heterocycles. The van der Waals surface area contributed by atoms with E-state index in [1.54, 1.807) is 0 Å². The Morgan fingerprint density at radius 2 is 2.53 bits per heavy atom. The average Bonchev–Trinajstić information content (AvgIpc) is 2.88. The zero-order valence-corrected chi connectivity index (χ0v) is 9.03. The van der Waals surface area contributed by atoms with Crippen molar-refractivity contribution in [2.24, 2.45) is 5.92 Å². The molecule has 0 radical (unpaired) electrons. The predicted octanol–water partition coefficient (Wildman–Crippen LogP) is 0.758. The van der Waals surface area contributed by atoms with Gasteiger partial charge in [0, 0.05) is 13.0 Å². The minimum atomic E-state index is 0.458. The highest BCUT2D eigenvalue weighted by Gasteiger charge is 2.14. The first-order valence-electron chi connectivity index (χ1n) is 5.48. The minimum Gasteiger partial charge on any atom is -0.373 e. The molecular weight excluding hydrogens is 194 g/mol. The Hall–Kier alpha value is -0.940. The lowest BCUT2D eigenvalue weighted by atomic mass is 10.1. The molecule has 1 aliphatic rings. The fourth-order valence-corrected chi connectivity index (χ4v) is 1.67. The van der Waals surface area contributed by atoms with E-state index in [-0.39, 0.29) is 0 Å². The Labute approximate surface area is 89.2 Å². The second kappa shape index (κ2) is 5.23. The number of hydrogen-bond donors (Lipinski definition) is 1. The van der Waals surface area contributed by atoms with Gasteiger partial charge in [0.2, 0.25) is 5.89 Å². The maximum absolute atomic E-state index is 5.54. The van der Waals surface area contributed by atoms with Gasteiger partial charge in [-0.3, -0.25) is 0 Å². The van der Waals surface area contributed by atoms with Gasteiger partial charge < -0.3 is 14.6 Å². The number of nitrogens with zero attached hydrogens (tertiary/aromatic N) is 2. The van der Waals surface area contributed by atoms with Crippen molar-refractivity contribution in [2.75, 3.05) is 19.7 Å². The number of ether oxygens (including phenoxy) is 1. The molecule has 0 saturated carbocycles. The zero-order chi connectivity index (χ0) is 10.5. The van der Waals surface area contributed by atoms with Crippen LogP contribution in [0.15, 0.2) is 4.52 Å². The molecule has 1 aromatic heterocycles. The van der Waals surface area contributed by atoms with Crippen molar-refractivity contribution in [1.29, 1.82) is 0 Å². The Morgan fingerprint density at radius 1 is 1.60 bits per heavy atom. The summed E-state index contributed by atoms with van der Waals surface area (Å²) in [6.07, 6.45) is 1.98. The van der Waals surface area contributed by atoms with E-state index in [0.717, 1.165) is 26.1 Å². The quantitative estimate of drug-likeness (QED) is 0.779. The van der Waals surface area contributed by atoms with Crippen LogP contribution in [-0.2, 0) is 17.8 Å². The monoisotopic (exact) mass is 211 g/mol. The molecule has 2 rings (SSSR count). The lowest BCUT2D eigenvalue weighted by Crippen LogP contribution is -2.14. The van der Waals surface area contributed by atoms with E-state index in [9.17, 15) is 0 Å². The largest absolute Gasteiger partial charge is 0.373 e. The third-order valence-corrected chi connectivity index (χ3v) is 2.56. The molecule has 0 unspecified atom stereocenters. The van der Waals surface area contributed by atoms with Gasteiger partial charge in [-0.25, -0.2) is 0 Å². The highest BCUT2D eigenvalue weighted by molar-refractivity contribution is 4.83. The van der Waals surface area contributed by atoms with Crippen LogP contribution in [0, 0.1) is 5.92 Å². The van der Waals surface area contributed by atoms with Crippen molar-refractivity contribution in [3.63, 3.8) is 0 Å². The Balaban J connectivity index is 1.68. The Morgan fingerprint density at radius 3 is 3.20 bits per heavy atom. The number of rotatable bonds is 5. The van der Waals surface area contributed by atoms with Crippen molar-refractivity contribution in [3.8, 4) is 0 Å². The summed E-state index contributed by atoms with van der Waals surface area (Å²) in [6.45, 7) is 5.40. The Kier molecular flexibility index (Phi) is 3.69. The molecule has 1 aliphatic heterocycles. The van der Waals surface area contributed by atoms with Gasteiger partial charge in [0.25, 0.3) is 0 Å². The summed E-state index contributed by atoms with van der Waals surface area (Å²) in [7, 11) is 0. The van der Waals surface area contributed by atoms with E-state index >= 15 is 0 Å². The first kappa shape index (κ1) is 10.6. The summed E-state index contributed by atoms with van der Waals surface area (Å²) in [5.41, 5.74) is 0. The molecule has 1 aromatic rings. The highest BCUT2D eigenvalue weighted by atomic mass is 16.5. The predicted molar refractivity (Wildman–Crippen MR) is 54.3 cm³/mol. The first-order valence-corrected chi connectivity index (χ1v) is 5.48. The fraction of sp³-hybridized carbons (Fsp3) is 0.800. The second-order valence-corrected chi connectivity index (χ2v) is 3.83. The van der Waals surface area contributed by atoms with Gasteiger partial charge in [0.05, 0.1) is 6.61 Å². The number of nitrogens with one attached hydrogen (secondary N) is 1. The van der Waals surface area contributed by atoms with E-state index in [1.165, 1.54) is 6.42 Å². The summed E-state index contributed by atoms with van der Waals surface area (Å²) >= 11 is 0. The molecule has 0 bridgehead atoms. The topological polar surface area (TPSA) is 60.2 Å². The molecule has 5 nitrogen and oxygen atoms in total. The maximum atomic E-state index is 5.54. The average molecular weight is 211 g/mol. The van der Waals surface area contributed by atoms with Crippen molar-refractivity contribution in [1.82, 2.24) is 15.5 Å².